The Hall–Kier alpha value is -8.70. The Kier molecular flexibility index (Phi) is 28.6. The summed E-state index contributed by atoms with van der Waals surface area (Å²) < 4.78 is 45.4. The van der Waals surface area contributed by atoms with E-state index in [-0.39, 0.29) is 169 Å². The van der Waals surface area contributed by atoms with Crippen molar-refractivity contribution < 1.29 is 81.4 Å². The van der Waals surface area contributed by atoms with Gasteiger partial charge in [-0.15, -0.1) is 0 Å². The number of aliphatic hydroxyl groups is 1. The number of rotatable bonds is 38. The minimum absolute atomic E-state index is 0.0216. The summed E-state index contributed by atoms with van der Waals surface area (Å²) in [6.07, 6.45) is 0.542. The molecule has 2 fully saturated rings. The predicted octanol–water partition coefficient (Wildman–Crippen LogP) is 3.87. The molecule has 0 radical (unpaired) electrons. The van der Waals surface area contributed by atoms with Crippen molar-refractivity contribution in [1.29, 1.82) is 0 Å². The molecule has 0 bridgehead atoms. The number of hydrogen-bond acceptors (Lipinski definition) is 19. The van der Waals surface area contributed by atoms with Gasteiger partial charge in [0.05, 0.1) is 128 Å². The summed E-state index contributed by atoms with van der Waals surface area (Å²) in [6.45, 7) is 16.7. The summed E-state index contributed by atoms with van der Waals surface area (Å²) in [5, 5.41) is 29.5. The number of aliphatic hydroxyl groups excluding tert-OH is 1. The van der Waals surface area contributed by atoms with Gasteiger partial charge in [0.2, 0.25) is 35.4 Å². The number of carbonyl (C=O) groups excluding carboxylic acids is 8. The lowest BCUT2D eigenvalue weighted by Gasteiger charge is -2.32. The first kappa shape index (κ1) is 72.4. The minimum Gasteiger partial charge on any atom is -0.493 e. The third-order valence-corrected chi connectivity index (χ3v) is 15.5. The van der Waals surface area contributed by atoms with Crippen LogP contribution < -0.4 is 50.0 Å². The number of azide groups is 2. The lowest BCUT2D eigenvalue weighted by molar-refractivity contribution is -0.131. The van der Waals surface area contributed by atoms with Crippen LogP contribution in [-0.2, 0) is 47.7 Å². The number of fused-ring (bicyclic) bond motifs is 4. The summed E-state index contributed by atoms with van der Waals surface area (Å²) >= 11 is 0. The number of unbranched alkanes of at least 4 members (excludes halogenated alkanes) is 2. The molecular formula is C61H86N14O17. The van der Waals surface area contributed by atoms with Crippen molar-refractivity contribution in [2.75, 3.05) is 136 Å². The zero-order chi connectivity index (χ0) is 66.9. The van der Waals surface area contributed by atoms with Gasteiger partial charge in [0.15, 0.2) is 29.2 Å². The summed E-state index contributed by atoms with van der Waals surface area (Å²) in [5.41, 5.74) is 18.7. The highest BCUT2D eigenvalue weighted by Gasteiger charge is 2.46. The zero-order valence-corrected chi connectivity index (χ0v) is 53.2. The standard InChI is InChI=1S/C61H86N14O17/c1-37(2)55(68-51(76)12-18-87-22-24-89-20-14-66-70-62)57(80)64-32-53(78)73-36-41-26-39(5)34-72(41)59(82)42-28-47(85-7)49(30-44(42)73)91-16-10-9-11-17-92-50-31-45-43(29-48(50)86-8)60(83)74-35-40(6)27-46(74)61(84)75(45)54(79)33-65-58(81)56(38(3)4)69-52(77)13-19-88-23-25-90-21-15-67-71-63/h28-31,37-38,41,46,55-56,61,84H,5-6,9-27,32-36H2,1-4,7-8H3,(H,64,80)(H,65,81)(H,68,76)(H,69,77)/t41-,46-,55?,56?,61-/m0/s1. The molecule has 502 valence electrons. The lowest BCUT2D eigenvalue weighted by Crippen LogP contribution is -2.55. The lowest BCUT2D eigenvalue weighted by atomic mass is 10.0. The number of nitrogens with zero attached hydrogens (tertiary/aromatic N) is 10. The summed E-state index contributed by atoms with van der Waals surface area (Å²) in [4.78, 5) is 121. The van der Waals surface area contributed by atoms with E-state index in [0.717, 1.165) is 10.5 Å². The number of benzene rings is 2. The molecule has 4 heterocycles. The average Bonchev–Trinajstić information content (AvgIpc) is 1.58. The molecule has 31 nitrogen and oxygen atoms in total. The summed E-state index contributed by atoms with van der Waals surface area (Å²) in [7, 11) is 2.84. The van der Waals surface area contributed by atoms with E-state index in [0.29, 0.717) is 37.8 Å². The van der Waals surface area contributed by atoms with Crippen LogP contribution >= 0.6 is 0 Å². The number of carbonyl (C=O) groups is 8. The van der Waals surface area contributed by atoms with Crippen LogP contribution in [-0.4, -0.2) is 219 Å². The van der Waals surface area contributed by atoms with E-state index < -0.39 is 90.8 Å². The molecule has 0 aliphatic carbocycles. The van der Waals surface area contributed by atoms with Gasteiger partial charge in [-0.2, -0.15) is 0 Å². The Balaban J connectivity index is 1.07. The maximum absolute atomic E-state index is 14.4. The van der Waals surface area contributed by atoms with Gasteiger partial charge in [-0.05, 0) is 67.1 Å². The maximum atomic E-state index is 14.4. The molecule has 4 aliphatic heterocycles. The second-order valence-electron chi connectivity index (χ2n) is 22.8. The van der Waals surface area contributed by atoms with Crippen LogP contribution in [0.3, 0.4) is 0 Å². The highest BCUT2D eigenvalue weighted by molar-refractivity contribution is 6.09. The van der Waals surface area contributed by atoms with Crippen molar-refractivity contribution in [3.8, 4) is 23.0 Å². The third-order valence-electron chi connectivity index (χ3n) is 15.5. The predicted molar refractivity (Wildman–Crippen MR) is 334 cm³/mol. The Morgan fingerprint density at radius 2 is 1.07 bits per heavy atom. The Morgan fingerprint density at radius 1 is 0.609 bits per heavy atom. The van der Waals surface area contributed by atoms with Crippen LogP contribution in [0.15, 0.2) is 58.8 Å². The van der Waals surface area contributed by atoms with Gasteiger partial charge in [-0.3, -0.25) is 43.3 Å². The number of nitrogens with one attached hydrogen (secondary N) is 4. The Labute approximate surface area is 533 Å². The van der Waals surface area contributed by atoms with Gasteiger partial charge in [0.1, 0.15) is 12.1 Å². The van der Waals surface area contributed by atoms with Gasteiger partial charge in [0, 0.05) is 67.5 Å². The molecule has 0 spiro atoms. The van der Waals surface area contributed by atoms with E-state index in [4.69, 9.17) is 49.0 Å². The van der Waals surface area contributed by atoms with Gasteiger partial charge in [-0.25, -0.2) is 0 Å². The second-order valence-corrected chi connectivity index (χ2v) is 22.8. The van der Waals surface area contributed by atoms with Gasteiger partial charge in [0.25, 0.3) is 11.8 Å². The first-order chi connectivity index (χ1) is 44.2. The maximum Gasteiger partial charge on any atom is 0.256 e. The minimum atomic E-state index is -1.57. The van der Waals surface area contributed by atoms with Crippen LogP contribution in [0.1, 0.15) is 93.4 Å². The van der Waals surface area contributed by atoms with Gasteiger partial charge >= 0.3 is 0 Å². The van der Waals surface area contributed by atoms with Crippen LogP contribution in [0.4, 0.5) is 11.4 Å². The molecule has 92 heavy (non-hydrogen) atoms. The van der Waals surface area contributed by atoms with Crippen LogP contribution in [0.2, 0.25) is 0 Å². The average molecular weight is 1290 g/mol. The molecule has 2 aromatic rings. The van der Waals surface area contributed by atoms with Crippen molar-refractivity contribution in [3.63, 3.8) is 0 Å². The van der Waals surface area contributed by atoms with Crippen LogP contribution in [0.5, 0.6) is 23.0 Å². The Bertz CT molecular complexity index is 3080. The van der Waals surface area contributed by atoms with E-state index in [1.165, 1.54) is 42.2 Å². The fraction of sp³-hybridized carbons (Fsp3) is 0.607. The van der Waals surface area contributed by atoms with Crippen molar-refractivity contribution in [1.82, 2.24) is 31.1 Å². The first-order valence-corrected chi connectivity index (χ1v) is 30.6. The molecule has 2 saturated heterocycles. The molecule has 0 saturated carbocycles. The normalized spacial score (nSPS) is 17.2. The van der Waals surface area contributed by atoms with Gasteiger partial charge < -0.3 is 79.0 Å². The second kappa shape index (κ2) is 36.4. The topological polar surface area (TPSA) is 389 Å². The van der Waals surface area contributed by atoms with E-state index in [2.05, 4.69) is 54.5 Å². The number of anilines is 2. The molecule has 8 amide bonds. The fourth-order valence-corrected chi connectivity index (χ4v) is 10.8. The highest BCUT2D eigenvalue weighted by atomic mass is 16.5. The number of ether oxygens (including phenoxy) is 8. The SMILES string of the molecule is C=C1C[C@H]2CN(C(=O)CNC(=O)C(NC(=O)CCOCCOCCN=[N+]=[N-])C(C)C)c3cc(OCCCCCOc4cc5c(cc4OC)C(=O)N4CC(=C)C[C@H]4[C@H](O)N5C(=O)CNC(=O)C(NC(=O)CCOCCOCCN=[N+]=[N-])C(C)C)c(OC)cc3C(=O)N2C1. The molecule has 2 unspecified atom stereocenters. The summed E-state index contributed by atoms with van der Waals surface area (Å²) in [6, 6.07) is 2.72. The number of amides is 8. The molecule has 5 N–H and O–H groups in total. The summed E-state index contributed by atoms with van der Waals surface area (Å²) in [5.74, 6) is -4.13. The molecule has 5 atom stereocenters. The fourth-order valence-electron chi connectivity index (χ4n) is 10.8. The van der Waals surface area contributed by atoms with Crippen molar-refractivity contribution >= 4 is 58.6 Å². The van der Waals surface area contributed by atoms with E-state index in [1.807, 2.05) is 0 Å². The van der Waals surface area contributed by atoms with E-state index >= 15 is 0 Å². The third kappa shape index (κ3) is 20.1. The number of hydrogen-bond donors (Lipinski definition) is 5. The molecule has 0 aromatic heterocycles. The highest BCUT2D eigenvalue weighted by Crippen LogP contribution is 2.43. The van der Waals surface area contributed by atoms with Crippen molar-refractivity contribution in [3.05, 3.63) is 80.6 Å². The molecule has 2 aromatic carbocycles. The van der Waals surface area contributed by atoms with E-state index in [9.17, 15) is 43.5 Å². The molecule has 6 rings (SSSR count). The van der Waals surface area contributed by atoms with Gasteiger partial charge in [-0.1, -0.05) is 62.2 Å². The first-order valence-electron chi connectivity index (χ1n) is 30.6. The Morgan fingerprint density at radius 3 is 1.57 bits per heavy atom. The van der Waals surface area contributed by atoms with E-state index in [1.54, 1.807) is 38.7 Å². The monoisotopic (exact) mass is 1290 g/mol. The largest absolute Gasteiger partial charge is 0.493 e. The van der Waals surface area contributed by atoms with Crippen LogP contribution in [0.25, 0.3) is 20.9 Å². The van der Waals surface area contributed by atoms with Crippen molar-refractivity contribution in [2.45, 2.75) is 103 Å². The quantitative estimate of drug-likeness (QED) is 0.0209. The zero-order valence-electron chi connectivity index (χ0n) is 53.2. The van der Waals surface area contributed by atoms with Crippen LogP contribution in [0, 0.1) is 11.8 Å². The number of methoxy groups -OCH3 is 2. The smallest absolute Gasteiger partial charge is 0.256 e. The molecule has 4 aliphatic rings. The molecule has 31 heteroatoms. The molecular weight excluding hydrogens is 1200 g/mol. The van der Waals surface area contributed by atoms with Crippen molar-refractivity contribution in [2.24, 2.45) is 22.1 Å².